The van der Waals surface area contributed by atoms with E-state index in [0.29, 0.717) is 43.4 Å². The molecule has 0 unspecified atom stereocenters. The highest BCUT2D eigenvalue weighted by Crippen LogP contribution is 2.31. The number of H-pyrrole nitrogens is 1. The monoisotopic (exact) mass is 473 g/mol. The minimum absolute atomic E-state index is 0.167. The molecule has 5 heterocycles. The Morgan fingerprint density at radius 1 is 0.914 bits per heavy atom. The highest BCUT2D eigenvalue weighted by atomic mass is 16.5. The zero-order chi connectivity index (χ0) is 23.9. The van der Waals surface area contributed by atoms with Crippen LogP contribution in [0.5, 0.6) is 0 Å². The molecule has 2 aliphatic heterocycles. The van der Waals surface area contributed by atoms with Crippen molar-refractivity contribution in [1.82, 2.24) is 25.1 Å². The third-order valence-corrected chi connectivity index (χ3v) is 6.76. The Morgan fingerprint density at radius 3 is 2.46 bits per heavy atom. The first kappa shape index (κ1) is 21.9. The van der Waals surface area contributed by atoms with E-state index in [1.54, 1.807) is 6.20 Å². The van der Waals surface area contributed by atoms with Gasteiger partial charge in [-0.05, 0) is 32.0 Å². The molecule has 2 saturated heterocycles. The lowest BCUT2D eigenvalue weighted by Gasteiger charge is -2.37. The summed E-state index contributed by atoms with van der Waals surface area (Å²) in [5.41, 5.74) is 2.00. The molecule has 4 aromatic rings. The molecule has 0 amide bonds. The topological polar surface area (TPSA) is 109 Å². The quantitative estimate of drug-likeness (QED) is 0.480. The van der Waals surface area contributed by atoms with E-state index in [2.05, 4.69) is 33.8 Å². The van der Waals surface area contributed by atoms with Crippen LogP contribution in [0.1, 0.15) is 13.8 Å². The number of pyridine rings is 1. The Hall–Kier alpha value is -3.63. The van der Waals surface area contributed by atoms with Crippen LogP contribution in [-0.2, 0) is 9.47 Å². The minimum atomic E-state index is -0.223. The zero-order valence-corrected chi connectivity index (χ0v) is 19.8. The maximum absolute atomic E-state index is 12.3. The van der Waals surface area contributed by atoms with Crippen LogP contribution in [0.25, 0.3) is 33.1 Å². The largest absolute Gasteiger partial charge is 0.377 e. The van der Waals surface area contributed by atoms with Crippen molar-refractivity contribution in [2.75, 3.05) is 49.3 Å². The normalized spacial score (nSPS) is 21.1. The van der Waals surface area contributed by atoms with E-state index in [0.717, 1.165) is 40.9 Å². The van der Waals surface area contributed by atoms with Gasteiger partial charge in [0.1, 0.15) is 5.82 Å². The second kappa shape index (κ2) is 8.86. The van der Waals surface area contributed by atoms with Crippen LogP contribution in [0.3, 0.4) is 0 Å². The van der Waals surface area contributed by atoms with Crippen molar-refractivity contribution >= 4 is 33.6 Å². The van der Waals surface area contributed by atoms with Crippen molar-refractivity contribution in [2.24, 2.45) is 0 Å². The molecule has 2 atom stereocenters. The number of ether oxygens (including phenoxy) is 2. The van der Waals surface area contributed by atoms with Gasteiger partial charge in [0.15, 0.2) is 5.65 Å². The van der Waals surface area contributed by atoms with E-state index >= 15 is 0 Å². The second-order valence-electron chi connectivity index (χ2n) is 9.15. The summed E-state index contributed by atoms with van der Waals surface area (Å²) in [5, 5.41) is 8.64. The molecule has 0 aliphatic carbocycles. The van der Waals surface area contributed by atoms with Crippen LogP contribution in [0.2, 0.25) is 0 Å². The number of aromatic amines is 1. The van der Waals surface area contributed by atoms with E-state index in [1.807, 2.05) is 30.3 Å². The first-order chi connectivity index (χ1) is 17.1. The molecule has 10 nitrogen and oxygen atoms in total. The number of nitrogens with zero attached hydrogens (tertiary/aromatic N) is 6. The van der Waals surface area contributed by atoms with Crippen LogP contribution in [0, 0.1) is 0 Å². The van der Waals surface area contributed by atoms with E-state index in [1.165, 1.54) is 0 Å². The van der Waals surface area contributed by atoms with Gasteiger partial charge in [0.2, 0.25) is 5.95 Å². The summed E-state index contributed by atoms with van der Waals surface area (Å²) >= 11 is 0. The van der Waals surface area contributed by atoms with Gasteiger partial charge < -0.3 is 19.3 Å². The van der Waals surface area contributed by atoms with Gasteiger partial charge in [-0.15, -0.1) is 0 Å². The lowest BCUT2D eigenvalue weighted by Crippen LogP contribution is -2.46. The van der Waals surface area contributed by atoms with Crippen LogP contribution in [-0.4, -0.2) is 76.8 Å². The van der Waals surface area contributed by atoms with Crippen molar-refractivity contribution < 1.29 is 9.47 Å². The molecule has 0 spiro atoms. The summed E-state index contributed by atoms with van der Waals surface area (Å²) in [4.78, 5) is 31.7. The number of morpholine rings is 2. The second-order valence-corrected chi connectivity index (χ2v) is 9.15. The van der Waals surface area contributed by atoms with Gasteiger partial charge in [-0.3, -0.25) is 4.79 Å². The van der Waals surface area contributed by atoms with E-state index in [-0.39, 0.29) is 17.6 Å². The fourth-order valence-corrected chi connectivity index (χ4v) is 4.80. The minimum Gasteiger partial charge on any atom is -0.377 e. The van der Waals surface area contributed by atoms with Crippen molar-refractivity contribution in [3.05, 3.63) is 46.9 Å². The Morgan fingerprint density at radius 2 is 1.69 bits per heavy atom. The number of nitrogens with one attached hydrogen (secondary N) is 1. The van der Waals surface area contributed by atoms with E-state index in [4.69, 9.17) is 24.4 Å². The number of hydrogen-bond acceptors (Lipinski definition) is 9. The first-order valence-corrected chi connectivity index (χ1v) is 11.9. The van der Waals surface area contributed by atoms with Gasteiger partial charge in [0.05, 0.1) is 61.2 Å². The van der Waals surface area contributed by atoms with Crippen LogP contribution >= 0.6 is 0 Å². The average Bonchev–Trinajstić information content (AvgIpc) is 2.88. The summed E-state index contributed by atoms with van der Waals surface area (Å²) in [7, 11) is 0. The molecule has 0 radical (unpaired) electrons. The molecule has 35 heavy (non-hydrogen) atoms. The average molecular weight is 474 g/mol. The third kappa shape index (κ3) is 3.98. The fraction of sp³-hybridized carbons (Fsp3) is 0.400. The smallest absolute Gasteiger partial charge is 0.272 e. The van der Waals surface area contributed by atoms with E-state index in [9.17, 15) is 4.79 Å². The molecule has 10 heteroatoms. The number of benzene rings is 1. The Bertz CT molecular complexity index is 1460. The SMILES string of the molecule is C[C@H]1COCCN1c1nc(N2CCOC[C@@H]2C)c2ccc(-c3ccc4cn[nH]c(=O)c4c3)nc2n1. The summed E-state index contributed by atoms with van der Waals surface area (Å²) < 4.78 is 11.3. The van der Waals surface area contributed by atoms with Crippen molar-refractivity contribution in [2.45, 2.75) is 25.9 Å². The molecular weight excluding hydrogens is 446 g/mol. The van der Waals surface area contributed by atoms with Gasteiger partial charge in [-0.1, -0.05) is 12.1 Å². The zero-order valence-electron chi connectivity index (χ0n) is 19.8. The standard InChI is InChI=1S/C25H27N7O3/c1-15-13-34-9-7-31(15)23-19-5-6-21(17-3-4-18-12-26-30-24(33)20(18)11-17)27-22(19)28-25(29-23)32-8-10-35-14-16(32)2/h3-6,11-12,15-16H,7-10,13-14H2,1-2H3,(H,30,33)/t15-,16-/m0/s1. The van der Waals surface area contributed by atoms with Crippen LogP contribution in [0.4, 0.5) is 11.8 Å². The summed E-state index contributed by atoms with van der Waals surface area (Å²) in [6, 6.07) is 10.0. The highest BCUT2D eigenvalue weighted by Gasteiger charge is 2.27. The third-order valence-electron chi connectivity index (χ3n) is 6.76. The molecule has 0 bridgehead atoms. The Balaban J connectivity index is 1.51. The molecule has 2 aliphatic rings. The molecule has 6 rings (SSSR count). The molecule has 2 fully saturated rings. The fourth-order valence-electron chi connectivity index (χ4n) is 4.80. The number of anilines is 2. The van der Waals surface area contributed by atoms with Crippen LogP contribution < -0.4 is 15.4 Å². The summed E-state index contributed by atoms with van der Waals surface area (Å²) in [6.07, 6.45) is 1.65. The lowest BCUT2D eigenvalue weighted by atomic mass is 10.1. The van der Waals surface area contributed by atoms with Crippen molar-refractivity contribution in [3.8, 4) is 11.3 Å². The Labute approximate surface area is 201 Å². The van der Waals surface area contributed by atoms with Gasteiger partial charge in [0, 0.05) is 24.0 Å². The number of rotatable bonds is 3. The highest BCUT2D eigenvalue weighted by molar-refractivity contribution is 5.91. The molecule has 180 valence electrons. The molecule has 3 aromatic heterocycles. The van der Waals surface area contributed by atoms with E-state index < -0.39 is 0 Å². The molecule has 1 aromatic carbocycles. The van der Waals surface area contributed by atoms with Crippen LogP contribution in [0.15, 0.2) is 41.3 Å². The number of fused-ring (bicyclic) bond motifs is 2. The maximum Gasteiger partial charge on any atom is 0.272 e. The maximum atomic E-state index is 12.3. The number of aromatic nitrogens is 5. The molecular formula is C25H27N7O3. The van der Waals surface area contributed by atoms with Gasteiger partial charge in [-0.25, -0.2) is 10.1 Å². The predicted molar refractivity (Wildman–Crippen MR) is 134 cm³/mol. The van der Waals surface area contributed by atoms with Gasteiger partial charge >= 0.3 is 0 Å². The molecule has 1 N–H and O–H groups in total. The summed E-state index contributed by atoms with van der Waals surface area (Å²) in [5.74, 6) is 1.53. The molecule has 0 saturated carbocycles. The first-order valence-electron chi connectivity index (χ1n) is 11.9. The summed E-state index contributed by atoms with van der Waals surface area (Å²) in [6.45, 7) is 8.34. The number of hydrogen-bond donors (Lipinski definition) is 1. The predicted octanol–water partition coefficient (Wildman–Crippen LogP) is 2.38. The van der Waals surface area contributed by atoms with Crippen molar-refractivity contribution in [3.63, 3.8) is 0 Å². The lowest BCUT2D eigenvalue weighted by molar-refractivity contribution is 0.0973. The van der Waals surface area contributed by atoms with Gasteiger partial charge in [-0.2, -0.15) is 15.1 Å². The Kier molecular flexibility index (Phi) is 5.54. The van der Waals surface area contributed by atoms with Gasteiger partial charge in [0.25, 0.3) is 5.56 Å². The van der Waals surface area contributed by atoms with Crippen molar-refractivity contribution in [1.29, 1.82) is 0 Å².